The van der Waals surface area contributed by atoms with Crippen LogP contribution in [0.3, 0.4) is 0 Å². The van der Waals surface area contributed by atoms with Gasteiger partial charge in [-0.1, -0.05) is 6.07 Å². The minimum absolute atomic E-state index is 0.0740. The molecule has 0 saturated carbocycles. The van der Waals surface area contributed by atoms with Gasteiger partial charge in [-0.15, -0.1) is 0 Å². The lowest BCUT2D eigenvalue weighted by Gasteiger charge is -2.15. The maximum absolute atomic E-state index is 12.6. The number of allylic oxidation sites excluding steroid dienone is 1. The zero-order valence-corrected chi connectivity index (χ0v) is 12.0. The van der Waals surface area contributed by atoms with E-state index < -0.39 is 45.9 Å². The molecule has 7 nitrogen and oxygen atoms in total. The first-order chi connectivity index (χ1) is 11.1. The van der Waals surface area contributed by atoms with Gasteiger partial charge in [-0.25, -0.2) is 9.79 Å². The summed E-state index contributed by atoms with van der Waals surface area (Å²) >= 11 is 0. The maximum Gasteiger partial charge on any atom is 0.416 e. The highest BCUT2D eigenvalue weighted by Gasteiger charge is 2.40. The quantitative estimate of drug-likeness (QED) is 0.477. The van der Waals surface area contributed by atoms with E-state index in [1.165, 1.54) is 6.92 Å². The molecule has 1 amide bonds. The monoisotopic (exact) mass is 342 g/mol. The second-order valence-electron chi connectivity index (χ2n) is 4.79. The Hall–Kier alpha value is -3.04. The van der Waals surface area contributed by atoms with Gasteiger partial charge < -0.3 is 4.74 Å². The van der Waals surface area contributed by atoms with E-state index in [1.807, 2.05) is 0 Å². The Kier molecular flexibility index (Phi) is 4.49. The zero-order chi connectivity index (χ0) is 18.1. The van der Waals surface area contributed by atoms with Crippen LogP contribution in [0, 0.1) is 10.1 Å². The van der Waals surface area contributed by atoms with Crippen molar-refractivity contribution in [1.29, 1.82) is 0 Å². The third-order valence-electron chi connectivity index (χ3n) is 2.99. The highest BCUT2D eigenvalue weighted by atomic mass is 19.4. The number of carbonyl (C=O) groups is 2. The Morgan fingerprint density at radius 1 is 1.38 bits per heavy atom. The van der Waals surface area contributed by atoms with Gasteiger partial charge in [0.15, 0.2) is 5.76 Å². The van der Waals surface area contributed by atoms with Crippen LogP contribution in [0.1, 0.15) is 22.8 Å². The van der Waals surface area contributed by atoms with Gasteiger partial charge in [0.05, 0.1) is 11.1 Å². The number of ether oxygens (including phenoxy) is 1. The number of halogens is 3. The van der Waals surface area contributed by atoms with Crippen LogP contribution in [0.15, 0.2) is 41.1 Å². The minimum Gasteiger partial charge on any atom is -0.419 e. The lowest BCUT2D eigenvalue weighted by molar-refractivity contribution is -0.501. The number of hydrogen-bond donors (Lipinski definition) is 0. The van der Waals surface area contributed by atoms with E-state index in [1.54, 1.807) is 0 Å². The first-order valence-corrected chi connectivity index (χ1v) is 6.43. The van der Waals surface area contributed by atoms with Crippen molar-refractivity contribution in [3.63, 3.8) is 0 Å². The summed E-state index contributed by atoms with van der Waals surface area (Å²) in [6.45, 7) is 1.35. The molecule has 24 heavy (non-hydrogen) atoms. The SMILES string of the molecule is CC1=NC(=O)C([N+](=O)[O-])C(OC(=O)c2cccc(C(F)(F)F)c2)=C1. The van der Waals surface area contributed by atoms with E-state index in [4.69, 9.17) is 4.74 Å². The number of esters is 1. The fourth-order valence-electron chi connectivity index (χ4n) is 1.94. The molecule has 1 aromatic carbocycles. The Bertz CT molecular complexity index is 783. The summed E-state index contributed by atoms with van der Waals surface area (Å²) < 4.78 is 42.7. The van der Waals surface area contributed by atoms with Crippen LogP contribution in [0.2, 0.25) is 0 Å². The van der Waals surface area contributed by atoms with Gasteiger partial charge in [-0.3, -0.25) is 14.9 Å². The van der Waals surface area contributed by atoms with E-state index in [-0.39, 0.29) is 5.71 Å². The van der Waals surface area contributed by atoms with Crippen molar-refractivity contribution in [3.8, 4) is 0 Å². The van der Waals surface area contributed by atoms with Crippen LogP contribution in [-0.2, 0) is 15.7 Å². The van der Waals surface area contributed by atoms with Crippen LogP contribution >= 0.6 is 0 Å². The number of hydrogen-bond acceptors (Lipinski definition) is 5. The van der Waals surface area contributed by atoms with Gasteiger partial charge in [-0.2, -0.15) is 13.2 Å². The molecule has 1 aromatic rings. The maximum atomic E-state index is 12.6. The Balaban J connectivity index is 2.30. The van der Waals surface area contributed by atoms with E-state index in [0.717, 1.165) is 24.3 Å². The molecule has 1 heterocycles. The van der Waals surface area contributed by atoms with E-state index >= 15 is 0 Å². The predicted molar refractivity (Wildman–Crippen MR) is 73.8 cm³/mol. The average molecular weight is 342 g/mol. The van der Waals surface area contributed by atoms with Crippen molar-refractivity contribution < 1.29 is 32.4 Å². The summed E-state index contributed by atoms with van der Waals surface area (Å²) in [4.78, 5) is 36.8. The number of dihydropyridines is 1. The number of aliphatic imine (C=N–C) groups is 1. The molecule has 10 heteroatoms. The van der Waals surface area contributed by atoms with Crippen LogP contribution in [0.25, 0.3) is 0 Å². The summed E-state index contributed by atoms with van der Waals surface area (Å²) in [7, 11) is 0. The third kappa shape index (κ3) is 3.65. The summed E-state index contributed by atoms with van der Waals surface area (Å²) in [6.07, 6.45) is -3.65. The van der Waals surface area contributed by atoms with Gasteiger partial charge in [0.2, 0.25) is 0 Å². The molecule has 0 radical (unpaired) electrons. The van der Waals surface area contributed by atoms with E-state index in [0.29, 0.717) is 6.07 Å². The first-order valence-electron chi connectivity index (χ1n) is 6.43. The van der Waals surface area contributed by atoms with Crippen LogP contribution in [-0.4, -0.2) is 28.6 Å². The summed E-state index contributed by atoms with van der Waals surface area (Å²) in [5.41, 5.74) is -1.46. The molecule has 0 aromatic heterocycles. The fourth-order valence-corrected chi connectivity index (χ4v) is 1.94. The number of benzene rings is 1. The highest BCUT2D eigenvalue weighted by molar-refractivity contribution is 6.06. The van der Waals surface area contributed by atoms with Gasteiger partial charge in [0.25, 0.3) is 0 Å². The molecule has 0 bridgehead atoms. The molecule has 126 valence electrons. The van der Waals surface area contributed by atoms with E-state index in [9.17, 15) is 32.9 Å². The van der Waals surface area contributed by atoms with Crippen molar-refractivity contribution in [2.75, 3.05) is 0 Å². The smallest absolute Gasteiger partial charge is 0.416 e. The Morgan fingerprint density at radius 3 is 2.62 bits per heavy atom. The predicted octanol–water partition coefficient (Wildman–Crippen LogP) is 2.39. The molecule has 0 N–H and O–H groups in total. The molecule has 0 saturated heterocycles. The van der Waals surface area contributed by atoms with Crippen molar-refractivity contribution >= 4 is 17.6 Å². The standard InChI is InChI=1S/C14H9F3N2O5/c1-7-5-10(11(19(22)23)12(20)18-7)24-13(21)8-3-2-4-9(6-8)14(15,16)17/h2-6,11H,1H3. The summed E-state index contributed by atoms with van der Waals surface area (Å²) in [6, 6.07) is 1.36. The van der Waals surface area contributed by atoms with Crippen LogP contribution in [0.5, 0.6) is 0 Å². The van der Waals surface area contributed by atoms with Crippen molar-refractivity contribution in [2.24, 2.45) is 4.99 Å². The van der Waals surface area contributed by atoms with Gasteiger partial charge in [-0.05, 0) is 25.1 Å². The van der Waals surface area contributed by atoms with Crippen LogP contribution < -0.4 is 0 Å². The molecule has 0 spiro atoms. The first kappa shape index (κ1) is 17.3. The third-order valence-corrected chi connectivity index (χ3v) is 2.99. The van der Waals surface area contributed by atoms with Gasteiger partial charge >= 0.3 is 24.1 Å². The molecule has 1 aliphatic heterocycles. The van der Waals surface area contributed by atoms with Crippen LogP contribution in [0.4, 0.5) is 13.2 Å². The van der Waals surface area contributed by atoms with Crippen molar-refractivity contribution in [3.05, 3.63) is 57.3 Å². The summed E-state index contributed by atoms with van der Waals surface area (Å²) in [5, 5.41) is 10.9. The molecular weight excluding hydrogens is 333 g/mol. The van der Waals surface area contributed by atoms with Crippen molar-refractivity contribution in [2.45, 2.75) is 19.1 Å². The second kappa shape index (κ2) is 6.22. The second-order valence-corrected chi connectivity index (χ2v) is 4.79. The lowest BCUT2D eigenvalue weighted by Crippen LogP contribution is -2.35. The zero-order valence-electron chi connectivity index (χ0n) is 12.0. The number of carbonyl (C=O) groups excluding carboxylic acids is 2. The Morgan fingerprint density at radius 2 is 2.04 bits per heavy atom. The fraction of sp³-hybridized carbons (Fsp3) is 0.214. The highest BCUT2D eigenvalue weighted by Crippen LogP contribution is 2.30. The molecular formula is C14H9F3N2O5. The van der Waals surface area contributed by atoms with E-state index in [2.05, 4.69) is 4.99 Å². The lowest BCUT2D eigenvalue weighted by atomic mass is 10.1. The molecule has 0 fully saturated rings. The topological polar surface area (TPSA) is 98.9 Å². The molecule has 1 aliphatic rings. The number of alkyl halides is 3. The molecule has 1 atom stereocenters. The number of nitrogens with zero attached hydrogens (tertiary/aromatic N) is 2. The largest absolute Gasteiger partial charge is 0.419 e. The number of amides is 1. The molecule has 0 aliphatic carbocycles. The normalized spacial score (nSPS) is 17.8. The minimum atomic E-state index is -4.66. The van der Waals surface area contributed by atoms with Gasteiger partial charge in [0.1, 0.15) is 0 Å². The van der Waals surface area contributed by atoms with Crippen molar-refractivity contribution in [1.82, 2.24) is 0 Å². The Labute approximate surface area is 132 Å². The molecule has 1 unspecified atom stereocenters. The molecule has 2 rings (SSSR count). The number of nitro groups is 1. The van der Waals surface area contributed by atoms with Gasteiger partial charge in [0, 0.05) is 16.7 Å². The summed E-state index contributed by atoms with van der Waals surface area (Å²) in [5.74, 6) is -2.98. The number of rotatable bonds is 3. The average Bonchev–Trinajstić information content (AvgIpc) is 2.45.